The number of aliphatic hydroxyl groups excluding tert-OH is 3. The quantitative estimate of drug-likeness (QED) is 0.572. The van der Waals surface area contributed by atoms with E-state index in [1.807, 2.05) is 30.3 Å². The minimum atomic E-state index is -1.29. The average Bonchev–Trinajstić information content (AvgIpc) is 2.54. The summed E-state index contributed by atoms with van der Waals surface area (Å²) in [5.74, 6) is -0.326. The molecular formula is C16H21NO5. The number of hydrogen-bond acceptors (Lipinski definition) is 5. The number of rotatable bonds is 4. The minimum absolute atomic E-state index is 0.0489. The number of hydrogen-bond donors (Lipinski definition) is 4. The lowest BCUT2D eigenvalue weighted by molar-refractivity contribution is -0.215. The molecule has 1 aromatic carbocycles. The zero-order valence-electron chi connectivity index (χ0n) is 12.3. The van der Waals surface area contributed by atoms with Crippen molar-refractivity contribution in [3.63, 3.8) is 0 Å². The monoisotopic (exact) mass is 307 g/mol. The van der Waals surface area contributed by atoms with Gasteiger partial charge in [-0.1, -0.05) is 30.3 Å². The predicted molar refractivity (Wildman–Crippen MR) is 80.8 cm³/mol. The molecule has 1 heterocycles. The molecule has 5 atom stereocenters. The van der Waals surface area contributed by atoms with E-state index in [2.05, 4.69) is 5.32 Å². The van der Waals surface area contributed by atoms with Gasteiger partial charge in [-0.05, 0) is 18.6 Å². The smallest absolute Gasteiger partial charge is 0.244 e. The highest BCUT2D eigenvalue weighted by molar-refractivity contribution is 5.91. The lowest BCUT2D eigenvalue weighted by Crippen LogP contribution is -2.59. The van der Waals surface area contributed by atoms with E-state index in [9.17, 15) is 20.1 Å². The van der Waals surface area contributed by atoms with E-state index in [4.69, 9.17) is 4.74 Å². The SMILES string of the molecule is CC1OC(CNC(=O)/C=C/c2ccccc2)C(O)C(O)C1O. The van der Waals surface area contributed by atoms with Crippen LogP contribution < -0.4 is 5.32 Å². The van der Waals surface area contributed by atoms with Crippen LogP contribution in [0.1, 0.15) is 12.5 Å². The fraction of sp³-hybridized carbons (Fsp3) is 0.438. The highest BCUT2D eigenvalue weighted by atomic mass is 16.5. The van der Waals surface area contributed by atoms with Gasteiger partial charge in [0.2, 0.25) is 5.91 Å². The van der Waals surface area contributed by atoms with Crippen molar-refractivity contribution in [1.82, 2.24) is 5.32 Å². The summed E-state index contributed by atoms with van der Waals surface area (Å²) < 4.78 is 5.40. The van der Waals surface area contributed by atoms with Crippen molar-refractivity contribution < 1.29 is 24.9 Å². The van der Waals surface area contributed by atoms with Gasteiger partial charge in [-0.25, -0.2) is 0 Å². The normalized spacial score (nSPS) is 32.1. The molecular weight excluding hydrogens is 286 g/mol. The van der Waals surface area contributed by atoms with E-state index in [1.165, 1.54) is 6.08 Å². The van der Waals surface area contributed by atoms with Crippen molar-refractivity contribution in [3.05, 3.63) is 42.0 Å². The molecule has 1 aromatic rings. The lowest BCUT2D eigenvalue weighted by Gasteiger charge is -2.39. The van der Waals surface area contributed by atoms with Crippen LogP contribution in [-0.2, 0) is 9.53 Å². The summed E-state index contributed by atoms with van der Waals surface area (Å²) in [6.45, 7) is 1.65. The van der Waals surface area contributed by atoms with Crippen molar-refractivity contribution in [1.29, 1.82) is 0 Å². The Labute approximate surface area is 129 Å². The summed E-state index contributed by atoms with van der Waals surface area (Å²) >= 11 is 0. The van der Waals surface area contributed by atoms with Crippen LogP contribution in [0.2, 0.25) is 0 Å². The number of aliphatic hydroxyl groups is 3. The predicted octanol–water partition coefficient (Wildman–Crippen LogP) is -0.314. The molecule has 0 radical (unpaired) electrons. The van der Waals surface area contributed by atoms with Gasteiger partial charge in [-0.15, -0.1) is 0 Å². The third-order valence-corrected chi connectivity index (χ3v) is 3.66. The van der Waals surface area contributed by atoms with Crippen molar-refractivity contribution in [2.75, 3.05) is 6.54 Å². The van der Waals surface area contributed by atoms with Gasteiger partial charge < -0.3 is 25.4 Å². The molecule has 2 rings (SSSR count). The molecule has 0 bridgehead atoms. The van der Waals surface area contributed by atoms with E-state index < -0.39 is 30.5 Å². The van der Waals surface area contributed by atoms with Gasteiger partial charge in [-0.2, -0.15) is 0 Å². The number of carbonyl (C=O) groups excluding carboxylic acids is 1. The van der Waals surface area contributed by atoms with E-state index in [-0.39, 0.29) is 12.5 Å². The van der Waals surface area contributed by atoms with Crippen LogP contribution in [0, 0.1) is 0 Å². The number of amides is 1. The Morgan fingerprint density at radius 1 is 1.18 bits per heavy atom. The highest BCUT2D eigenvalue weighted by Gasteiger charge is 2.41. The largest absolute Gasteiger partial charge is 0.388 e. The molecule has 1 amide bonds. The van der Waals surface area contributed by atoms with Gasteiger partial charge in [0.15, 0.2) is 0 Å². The Hall–Kier alpha value is -1.73. The fourth-order valence-electron chi connectivity index (χ4n) is 2.30. The fourth-order valence-corrected chi connectivity index (χ4v) is 2.30. The van der Waals surface area contributed by atoms with Gasteiger partial charge in [0.25, 0.3) is 0 Å². The number of carbonyl (C=O) groups is 1. The summed E-state index contributed by atoms with van der Waals surface area (Å²) in [5, 5.41) is 31.7. The molecule has 120 valence electrons. The first-order chi connectivity index (χ1) is 10.5. The number of ether oxygens (including phenoxy) is 1. The average molecular weight is 307 g/mol. The molecule has 0 saturated carbocycles. The second-order valence-corrected chi connectivity index (χ2v) is 5.34. The zero-order valence-corrected chi connectivity index (χ0v) is 12.3. The molecule has 6 heteroatoms. The van der Waals surface area contributed by atoms with Crippen molar-refractivity contribution in [2.24, 2.45) is 0 Å². The van der Waals surface area contributed by atoms with E-state index in [0.29, 0.717) is 0 Å². The molecule has 1 aliphatic rings. The molecule has 1 aliphatic heterocycles. The lowest BCUT2D eigenvalue weighted by atomic mass is 9.95. The summed E-state index contributed by atoms with van der Waals surface area (Å²) in [5.41, 5.74) is 0.902. The number of benzene rings is 1. The zero-order chi connectivity index (χ0) is 16.1. The van der Waals surface area contributed by atoms with E-state index in [1.54, 1.807) is 13.0 Å². The van der Waals surface area contributed by atoms with E-state index >= 15 is 0 Å². The van der Waals surface area contributed by atoms with Gasteiger partial charge in [0, 0.05) is 12.6 Å². The maximum atomic E-state index is 11.7. The van der Waals surface area contributed by atoms with Crippen LogP contribution >= 0.6 is 0 Å². The molecule has 0 aliphatic carbocycles. The second-order valence-electron chi connectivity index (χ2n) is 5.34. The maximum absolute atomic E-state index is 11.7. The van der Waals surface area contributed by atoms with Crippen molar-refractivity contribution >= 4 is 12.0 Å². The second kappa shape index (κ2) is 7.51. The van der Waals surface area contributed by atoms with Gasteiger partial charge in [0.05, 0.1) is 6.10 Å². The first kappa shape index (κ1) is 16.6. The number of nitrogens with one attached hydrogen (secondary N) is 1. The third kappa shape index (κ3) is 4.14. The Bertz CT molecular complexity index is 519. The van der Waals surface area contributed by atoms with Crippen LogP contribution in [0.5, 0.6) is 0 Å². The van der Waals surface area contributed by atoms with Gasteiger partial charge in [0.1, 0.15) is 24.4 Å². The van der Waals surface area contributed by atoms with Crippen LogP contribution in [0.4, 0.5) is 0 Å². The Morgan fingerprint density at radius 2 is 1.86 bits per heavy atom. The maximum Gasteiger partial charge on any atom is 0.244 e. The van der Waals surface area contributed by atoms with Crippen LogP contribution in [-0.4, -0.2) is 58.3 Å². The van der Waals surface area contributed by atoms with Gasteiger partial charge in [-0.3, -0.25) is 4.79 Å². The summed E-state index contributed by atoms with van der Waals surface area (Å²) in [4.78, 5) is 11.7. The van der Waals surface area contributed by atoms with E-state index in [0.717, 1.165) is 5.56 Å². The standard InChI is InChI=1S/C16H21NO5/c1-10-14(19)16(21)15(20)12(22-10)9-17-13(18)8-7-11-5-3-2-4-6-11/h2-8,10,12,14-16,19-21H,9H2,1H3,(H,17,18)/b8-7+. The Morgan fingerprint density at radius 3 is 2.55 bits per heavy atom. The Balaban J connectivity index is 1.84. The first-order valence-corrected chi connectivity index (χ1v) is 7.19. The minimum Gasteiger partial charge on any atom is -0.388 e. The van der Waals surface area contributed by atoms with Crippen molar-refractivity contribution in [2.45, 2.75) is 37.4 Å². The molecule has 5 unspecified atom stereocenters. The summed E-state index contributed by atoms with van der Waals surface area (Å²) in [6.07, 6.45) is -1.98. The summed E-state index contributed by atoms with van der Waals surface area (Å²) in [6, 6.07) is 9.38. The molecule has 1 fully saturated rings. The van der Waals surface area contributed by atoms with Gasteiger partial charge >= 0.3 is 0 Å². The molecule has 4 N–H and O–H groups in total. The van der Waals surface area contributed by atoms with Crippen LogP contribution in [0.3, 0.4) is 0 Å². The van der Waals surface area contributed by atoms with Crippen molar-refractivity contribution in [3.8, 4) is 0 Å². The Kier molecular flexibility index (Phi) is 5.68. The molecule has 1 saturated heterocycles. The molecule has 0 spiro atoms. The first-order valence-electron chi connectivity index (χ1n) is 7.19. The van der Waals surface area contributed by atoms with Crippen LogP contribution in [0.15, 0.2) is 36.4 Å². The summed E-state index contributed by atoms with van der Waals surface area (Å²) in [7, 11) is 0. The van der Waals surface area contributed by atoms with Crippen LogP contribution in [0.25, 0.3) is 6.08 Å². The molecule has 0 aromatic heterocycles. The molecule has 22 heavy (non-hydrogen) atoms. The molecule has 6 nitrogen and oxygen atoms in total. The third-order valence-electron chi connectivity index (χ3n) is 3.66. The topological polar surface area (TPSA) is 99.0 Å². The highest BCUT2D eigenvalue weighted by Crippen LogP contribution is 2.20.